The van der Waals surface area contributed by atoms with Gasteiger partial charge in [0.25, 0.3) is 5.91 Å². The fourth-order valence-electron chi connectivity index (χ4n) is 3.21. The summed E-state index contributed by atoms with van der Waals surface area (Å²) in [5.74, 6) is -0.803. The molecule has 0 aliphatic carbocycles. The Hall–Kier alpha value is -3.36. The highest BCUT2D eigenvalue weighted by atomic mass is 79.9. The van der Waals surface area contributed by atoms with E-state index in [0.717, 1.165) is 28.1 Å². The van der Waals surface area contributed by atoms with Gasteiger partial charge in [-0.2, -0.15) is 0 Å². The first-order chi connectivity index (χ1) is 16.3. The van der Waals surface area contributed by atoms with Crippen LogP contribution in [0, 0.1) is 13.8 Å². The normalized spacial score (nSPS) is 15.9. The SMILES string of the molecule is Cc1ccc(N=C2S/C(=C\c3ccc(OCC(=O)O)c(Br)c3)C(=O)N2c2ccc(C)cc2)cc1. The van der Waals surface area contributed by atoms with E-state index >= 15 is 0 Å². The number of nitrogens with zero attached hydrogens (tertiary/aromatic N) is 2. The van der Waals surface area contributed by atoms with Gasteiger partial charge in [0, 0.05) is 0 Å². The Labute approximate surface area is 210 Å². The van der Waals surface area contributed by atoms with E-state index in [1.165, 1.54) is 11.8 Å². The van der Waals surface area contributed by atoms with Crippen molar-refractivity contribution < 1.29 is 19.4 Å². The van der Waals surface area contributed by atoms with Gasteiger partial charge in [-0.05, 0) is 89.6 Å². The summed E-state index contributed by atoms with van der Waals surface area (Å²) in [5.41, 5.74) is 4.52. The maximum atomic E-state index is 13.4. The van der Waals surface area contributed by atoms with Crippen molar-refractivity contribution >= 4 is 62.2 Å². The Balaban J connectivity index is 1.68. The number of rotatable bonds is 6. The lowest BCUT2D eigenvalue weighted by molar-refractivity contribution is -0.139. The van der Waals surface area contributed by atoms with E-state index in [-0.39, 0.29) is 5.91 Å². The summed E-state index contributed by atoms with van der Waals surface area (Å²) in [4.78, 5) is 31.1. The van der Waals surface area contributed by atoms with Crippen LogP contribution in [0.4, 0.5) is 11.4 Å². The van der Waals surface area contributed by atoms with Crippen molar-refractivity contribution in [2.75, 3.05) is 11.5 Å². The van der Waals surface area contributed by atoms with Gasteiger partial charge in [-0.1, -0.05) is 41.5 Å². The lowest BCUT2D eigenvalue weighted by atomic mass is 10.2. The molecule has 1 fully saturated rings. The minimum Gasteiger partial charge on any atom is -0.481 e. The summed E-state index contributed by atoms with van der Waals surface area (Å²) in [6.07, 6.45) is 1.79. The number of aryl methyl sites for hydroxylation is 2. The van der Waals surface area contributed by atoms with E-state index in [1.807, 2.05) is 62.4 Å². The van der Waals surface area contributed by atoms with Crippen molar-refractivity contribution in [3.05, 3.63) is 92.8 Å². The highest BCUT2D eigenvalue weighted by molar-refractivity contribution is 9.10. The van der Waals surface area contributed by atoms with E-state index in [9.17, 15) is 9.59 Å². The maximum absolute atomic E-state index is 13.4. The van der Waals surface area contributed by atoms with Gasteiger partial charge in [0.15, 0.2) is 11.8 Å². The van der Waals surface area contributed by atoms with Crippen LogP contribution in [0.2, 0.25) is 0 Å². The minimum atomic E-state index is -1.05. The third-order valence-corrected chi connectivity index (χ3v) is 6.55. The molecule has 172 valence electrons. The number of ether oxygens (including phenoxy) is 1. The predicted octanol–water partition coefficient (Wildman–Crippen LogP) is 6.34. The second-order valence-electron chi connectivity index (χ2n) is 7.69. The molecule has 0 radical (unpaired) electrons. The summed E-state index contributed by atoms with van der Waals surface area (Å²) in [7, 11) is 0. The van der Waals surface area contributed by atoms with Crippen LogP contribution in [-0.4, -0.2) is 28.8 Å². The van der Waals surface area contributed by atoms with Gasteiger partial charge < -0.3 is 9.84 Å². The molecule has 3 aromatic rings. The lowest BCUT2D eigenvalue weighted by Gasteiger charge is -2.16. The number of amides is 1. The summed E-state index contributed by atoms with van der Waals surface area (Å²) >= 11 is 4.71. The number of carboxylic acids is 1. The number of carboxylic acid groups (broad SMARTS) is 1. The number of hydrogen-bond acceptors (Lipinski definition) is 5. The van der Waals surface area contributed by atoms with Gasteiger partial charge in [-0.15, -0.1) is 0 Å². The van der Waals surface area contributed by atoms with Crippen LogP contribution >= 0.6 is 27.7 Å². The first-order valence-electron chi connectivity index (χ1n) is 10.4. The Bertz CT molecular complexity index is 1300. The molecule has 1 aliphatic rings. The molecule has 4 rings (SSSR count). The van der Waals surface area contributed by atoms with Crippen LogP contribution in [-0.2, 0) is 9.59 Å². The highest BCUT2D eigenvalue weighted by Crippen LogP contribution is 2.38. The largest absolute Gasteiger partial charge is 0.481 e. The zero-order valence-electron chi connectivity index (χ0n) is 18.5. The van der Waals surface area contributed by atoms with Gasteiger partial charge in [0.1, 0.15) is 5.75 Å². The Morgan fingerprint density at radius 2 is 1.71 bits per heavy atom. The first kappa shape index (κ1) is 23.8. The molecule has 0 aromatic heterocycles. The number of carbonyl (C=O) groups excluding carboxylic acids is 1. The standard InChI is InChI=1S/C26H21BrN2O4S/c1-16-3-8-19(9-4-16)28-26-29(20-10-5-17(2)6-11-20)25(32)23(34-26)14-18-7-12-22(21(27)13-18)33-15-24(30)31/h3-14H,15H2,1-2H3,(H,30,31)/b23-14-,28-26?. The molecule has 1 saturated heterocycles. The van der Waals surface area contributed by atoms with E-state index < -0.39 is 12.6 Å². The number of benzene rings is 3. The zero-order valence-corrected chi connectivity index (χ0v) is 20.9. The van der Waals surface area contributed by atoms with Crippen LogP contribution < -0.4 is 9.64 Å². The average molecular weight is 537 g/mol. The van der Waals surface area contributed by atoms with Gasteiger partial charge in [0.2, 0.25) is 0 Å². The molecule has 1 amide bonds. The summed E-state index contributed by atoms with van der Waals surface area (Å²) < 4.78 is 5.85. The Morgan fingerprint density at radius 3 is 2.32 bits per heavy atom. The topological polar surface area (TPSA) is 79.2 Å². The fraction of sp³-hybridized carbons (Fsp3) is 0.115. The van der Waals surface area contributed by atoms with E-state index in [4.69, 9.17) is 14.8 Å². The van der Waals surface area contributed by atoms with Crippen LogP contribution in [0.15, 0.2) is 81.1 Å². The van der Waals surface area contributed by atoms with Crippen molar-refractivity contribution in [3.63, 3.8) is 0 Å². The molecule has 3 aromatic carbocycles. The molecular formula is C26H21BrN2O4S. The third kappa shape index (κ3) is 5.58. The minimum absolute atomic E-state index is 0.165. The summed E-state index contributed by atoms with van der Waals surface area (Å²) in [6.45, 7) is 3.58. The Morgan fingerprint density at radius 1 is 1.06 bits per heavy atom. The molecule has 0 unspecified atom stereocenters. The van der Waals surface area contributed by atoms with Crippen molar-refractivity contribution in [1.82, 2.24) is 0 Å². The second kappa shape index (κ2) is 10.3. The molecule has 0 saturated carbocycles. The van der Waals surface area contributed by atoms with Crippen molar-refractivity contribution in [3.8, 4) is 5.75 Å². The molecule has 0 atom stereocenters. The zero-order chi connectivity index (χ0) is 24.2. The number of aliphatic imine (C=N–C) groups is 1. The molecule has 1 aliphatic heterocycles. The number of aliphatic carboxylic acids is 1. The number of hydrogen-bond donors (Lipinski definition) is 1. The predicted molar refractivity (Wildman–Crippen MR) is 140 cm³/mol. The number of anilines is 1. The fourth-order valence-corrected chi connectivity index (χ4v) is 4.73. The number of thioether (sulfide) groups is 1. The molecule has 6 nitrogen and oxygen atoms in total. The van der Waals surface area contributed by atoms with Crippen LogP contribution in [0.25, 0.3) is 6.08 Å². The van der Waals surface area contributed by atoms with Crippen molar-refractivity contribution in [2.24, 2.45) is 4.99 Å². The monoisotopic (exact) mass is 536 g/mol. The highest BCUT2D eigenvalue weighted by Gasteiger charge is 2.34. The van der Waals surface area contributed by atoms with Crippen LogP contribution in [0.3, 0.4) is 0 Å². The lowest BCUT2D eigenvalue weighted by Crippen LogP contribution is -2.28. The quantitative estimate of drug-likeness (QED) is 0.372. The molecular weight excluding hydrogens is 516 g/mol. The smallest absolute Gasteiger partial charge is 0.341 e. The summed E-state index contributed by atoms with van der Waals surface area (Å²) in [6, 6.07) is 20.8. The van der Waals surface area contributed by atoms with Crippen molar-refractivity contribution in [1.29, 1.82) is 0 Å². The summed E-state index contributed by atoms with van der Waals surface area (Å²) in [5, 5.41) is 9.38. The number of amidine groups is 1. The third-order valence-electron chi connectivity index (χ3n) is 4.96. The van der Waals surface area contributed by atoms with E-state index in [1.54, 1.807) is 29.2 Å². The van der Waals surface area contributed by atoms with Gasteiger partial charge in [0.05, 0.1) is 20.8 Å². The van der Waals surface area contributed by atoms with Crippen LogP contribution in [0.5, 0.6) is 5.75 Å². The van der Waals surface area contributed by atoms with Crippen LogP contribution in [0.1, 0.15) is 16.7 Å². The van der Waals surface area contributed by atoms with Gasteiger partial charge >= 0.3 is 5.97 Å². The van der Waals surface area contributed by atoms with E-state index in [0.29, 0.717) is 20.3 Å². The van der Waals surface area contributed by atoms with Gasteiger partial charge in [-0.3, -0.25) is 9.69 Å². The molecule has 34 heavy (non-hydrogen) atoms. The van der Waals surface area contributed by atoms with E-state index in [2.05, 4.69) is 15.9 Å². The Kier molecular flexibility index (Phi) is 7.19. The number of halogens is 1. The second-order valence-corrected chi connectivity index (χ2v) is 9.55. The van der Waals surface area contributed by atoms with Gasteiger partial charge in [-0.25, -0.2) is 9.79 Å². The molecule has 0 bridgehead atoms. The molecule has 1 heterocycles. The maximum Gasteiger partial charge on any atom is 0.341 e. The molecule has 8 heteroatoms. The molecule has 1 N–H and O–H groups in total. The first-order valence-corrected chi connectivity index (χ1v) is 12.0. The number of carbonyl (C=O) groups is 2. The average Bonchev–Trinajstić information content (AvgIpc) is 3.10. The van der Waals surface area contributed by atoms with Crippen molar-refractivity contribution in [2.45, 2.75) is 13.8 Å². The molecule has 0 spiro atoms.